The Hall–Kier alpha value is -2.44. The molecule has 2 aromatic heterocycles. The summed E-state index contributed by atoms with van der Waals surface area (Å²) in [4.78, 5) is 22.0. The zero-order chi connectivity index (χ0) is 16.3. The number of rotatable bonds is 5. The van der Waals surface area contributed by atoms with E-state index in [1.165, 1.54) is 11.1 Å². The van der Waals surface area contributed by atoms with Crippen LogP contribution in [-0.4, -0.2) is 38.1 Å². The zero-order valence-electron chi connectivity index (χ0n) is 13.2. The Kier molecular flexibility index (Phi) is 4.75. The van der Waals surface area contributed by atoms with Crippen LogP contribution >= 0.6 is 0 Å². The second kappa shape index (κ2) is 6.55. The highest BCUT2D eigenvalue weighted by Gasteiger charge is 2.19. The van der Waals surface area contributed by atoms with E-state index in [4.69, 9.17) is 4.52 Å². The van der Waals surface area contributed by atoms with E-state index in [-0.39, 0.29) is 23.8 Å². The number of aryl methyl sites for hydroxylation is 1. The summed E-state index contributed by atoms with van der Waals surface area (Å²) in [7, 11) is 1.61. The Morgan fingerprint density at radius 1 is 1.45 bits per heavy atom. The van der Waals surface area contributed by atoms with Crippen LogP contribution in [0.3, 0.4) is 0 Å². The summed E-state index contributed by atoms with van der Waals surface area (Å²) in [6.45, 7) is 6.08. The Bertz CT molecular complexity index is 667. The van der Waals surface area contributed by atoms with Gasteiger partial charge in [-0.25, -0.2) is 0 Å². The molecular formula is C15H20N4O3. The molecular weight excluding hydrogens is 284 g/mol. The standard InChI is InChI=1S/C15H20N4O3/c1-9(2)5-13-17-14(22-18-13)8-19(4)15(21)11-6-10(3)16-7-12(11)20/h6-7,9,20H,5,8H2,1-4H3. The maximum atomic E-state index is 12.4. The lowest BCUT2D eigenvalue weighted by molar-refractivity contribution is 0.0766. The first kappa shape index (κ1) is 15.9. The third kappa shape index (κ3) is 3.81. The lowest BCUT2D eigenvalue weighted by atomic mass is 10.1. The fourth-order valence-electron chi connectivity index (χ4n) is 2.01. The van der Waals surface area contributed by atoms with Gasteiger partial charge in [0.1, 0.15) is 5.75 Å². The molecule has 0 unspecified atom stereocenters. The average Bonchev–Trinajstić information content (AvgIpc) is 2.87. The minimum Gasteiger partial charge on any atom is -0.505 e. The van der Waals surface area contributed by atoms with E-state index >= 15 is 0 Å². The molecule has 2 rings (SSSR count). The highest BCUT2D eigenvalue weighted by atomic mass is 16.5. The molecule has 0 aliphatic heterocycles. The summed E-state index contributed by atoms with van der Waals surface area (Å²) in [5, 5.41) is 13.7. The number of hydrogen-bond acceptors (Lipinski definition) is 6. The van der Waals surface area contributed by atoms with Gasteiger partial charge in [0.25, 0.3) is 5.91 Å². The quantitative estimate of drug-likeness (QED) is 0.907. The zero-order valence-corrected chi connectivity index (χ0v) is 13.2. The molecule has 118 valence electrons. The van der Waals surface area contributed by atoms with Crippen LogP contribution in [0.15, 0.2) is 16.8 Å². The van der Waals surface area contributed by atoms with Gasteiger partial charge in [0.2, 0.25) is 5.89 Å². The fraction of sp³-hybridized carbons (Fsp3) is 0.467. The Morgan fingerprint density at radius 2 is 2.18 bits per heavy atom. The SMILES string of the molecule is Cc1cc(C(=O)N(C)Cc2nc(CC(C)C)no2)c(O)cn1. The molecule has 0 aliphatic carbocycles. The molecule has 0 spiro atoms. The second-order valence-corrected chi connectivity index (χ2v) is 5.71. The van der Waals surface area contributed by atoms with Gasteiger partial charge in [-0.05, 0) is 18.9 Å². The predicted molar refractivity (Wildman–Crippen MR) is 79.3 cm³/mol. The lowest BCUT2D eigenvalue weighted by Crippen LogP contribution is -2.26. The summed E-state index contributed by atoms with van der Waals surface area (Å²) in [5.74, 6) is 0.965. The van der Waals surface area contributed by atoms with Gasteiger partial charge in [-0.2, -0.15) is 4.98 Å². The summed E-state index contributed by atoms with van der Waals surface area (Å²) in [6.07, 6.45) is 2.00. The van der Waals surface area contributed by atoms with Gasteiger partial charge in [0.05, 0.1) is 18.3 Å². The van der Waals surface area contributed by atoms with Crippen LogP contribution in [0.1, 0.15) is 41.6 Å². The third-order valence-electron chi connectivity index (χ3n) is 3.07. The summed E-state index contributed by atoms with van der Waals surface area (Å²) in [6, 6.07) is 1.55. The Morgan fingerprint density at radius 3 is 2.86 bits per heavy atom. The number of carbonyl (C=O) groups is 1. The molecule has 7 heteroatoms. The maximum Gasteiger partial charge on any atom is 0.257 e. The van der Waals surface area contributed by atoms with E-state index < -0.39 is 0 Å². The van der Waals surface area contributed by atoms with Crippen LogP contribution in [0.5, 0.6) is 5.75 Å². The number of amides is 1. The van der Waals surface area contributed by atoms with Crippen LogP contribution in [-0.2, 0) is 13.0 Å². The highest BCUT2D eigenvalue weighted by Crippen LogP contribution is 2.18. The molecule has 0 aromatic carbocycles. The molecule has 22 heavy (non-hydrogen) atoms. The molecule has 0 saturated heterocycles. The molecule has 0 radical (unpaired) electrons. The Balaban J connectivity index is 2.08. The van der Waals surface area contributed by atoms with Gasteiger partial charge < -0.3 is 14.5 Å². The number of aromatic hydroxyl groups is 1. The van der Waals surface area contributed by atoms with Gasteiger partial charge in [-0.3, -0.25) is 9.78 Å². The van der Waals surface area contributed by atoms with Gasteiger partial charge in [-0.1, -0.05) is 19.0 Å². The molecule has 0 saturated carbocycles. The van der Waals surface area contributed by atoms with Crippen LogP contribution < -0.4 is 0 Å². The largest absolute Gasteiger partial charge is 0.505 e. The van der Waals surface area contributed by atoms with Crippen molar-refractivity contribution in [1.82, 2.24) is 20.0 Å². The molecule has 0 bridgehead atoms. The van der Waals surface area contributed by atoms with Crippen molar-refractivity contribution >= 4 is 5.91 Å². The van der Waals surface area contributed by atoms with Gasteiger partial charge in [-0.15, -0.1) is 0 Å². The van der Waals surface area contributed by atoms with Crippen molar-refractivity contribution in [2.45, 2.75) is 33.7 Å². The molecule has 0 atom stereocenters. The smallest absolute Gasteiger partial charge is 0.257 e. The Labute approximate surface area is 129 Å². The maximum absolute atomic E-state index is 12.4. The molecule has 7 nitrogen and oxygen atoms in total. The van der Waals surface area contributed by atoms with Crippen molar-refractivity contribution < 1.29 is 14.4 Å². The average molecular weight is 304 g/mol. The summed E-state index contributed by atoms with van der Waals surface area (Å²) >= 11 is 0. The van der Waals surface area contributed by atoms with Gasteiger partial charge >= 0.3 is 0 Å². The van der Waals surface area contributed by atoms with E-state index in [2.05, 4.69) is 29.0 Å². The highest BCUT2D eigenvalue weighted by molar-refractivity contribution is 5.96. The first-order valence-corrected chi connectivity index (χ1v) is 7.09. The van der Waals surface area contributed by atoms with Gasteiger partial charge in [0, 0.05) is 19.2 Å². The van der Waals surface area contributed by atoms with E-state index in [1.807, 2.05) is 0 Å². The molecule has 2 aromatic rings. The van der Waals surface area contributed by atoms with Crippen LogP contribution in [0.25, 0.3) is 0 Å². The number of pyridine rings is 1. The minimum absolute atomic E-state index is 0.145. The fourth-order valence-corrected chi connectivity index (χ4v) is 2.01. The first-order valence-electron chi connectivity index (χ1n) is 7.09. The summed E-state index contributed by atoms with van der Waals surface area (Å²) < 4.78 is 5.15. The minimum atomic E-state index is -0.327. The van der Waals surface area contributed by atoms with E-state index in [1.54, 1.807) is 20.0 Å². The van der Waals surface area contributed by atoms with Crippen molar-refractivity contribution in [2.24, 2.45) is 5.92 Å². The summed E-state index contributed by atoms with van der Waals surface area (Å²) in [5.41, 5.74) is 0.864. The van der Waals surface area contributed by atoms with Crippen molar-refractivity contribution in [1.29, 1.82) is 0 Å². The predicted octanol–water partition coefficient (Wildman–Crippen LogP) is 1.95. The monoisotopic (exact) mass is 304 g/mol. The van der Waals surface area contributed by atoms with Crippen LogP contribution in [0.4, 0.5) is 0 Å². The van der Waals surface area contributed by atoms with Crippen molar-refractivity contribution in [3.8, 4) is 5.75 Å². The molecule has 2 heterocycles. The number of aromatic nitrogens is 3. The van der Waals surface area contributed by atoms with E-state index in [0.29, 0.717) is 23.3 Å². The van der Waals surface area contributed by atoms with Crippen molar-refractivity contribution in [3.05, 3.63) is 35.2 Å². The molecule has 1 amide bonds. The first-order chi connectivity index (χ1) is 10.4. The number of nitrogens with zero attached hydrogens (tertiary/aromatic N) is 4. The number of hydrogen-bond donors (Lipinski definition) is 1. The van der Waals surface area contributed by atoms with Crippen LogP contribution in [0, 0.1) is 12.8 Å². The number of carbonyl (C=O) groups excluding carboxylic acids is 1. The van der Waals surface area contributed by atoms with Crippen LogP contribution in [0.2, 0.25) is 0 Å². The molecule has 0 fully saturated rings. The second-order valence-electron chi connectivity index (χ2n) is 5.71. The van der Waals surface area contributed by atoms with Crippen molar-refractivity contribution in [3.63, 3.8) is 0 Å². The normalized spacial score (nSPS) is 11.0. The van der Waals surface area contributed by atoms with Gasteiger partial charge in [0.15, 0.2) is 5.82 Å². The molecule has 0 aliphatic rings. The van der Waals surface area contributed by atoms with E-state index in [9.17, 15) is 9.90 Å². The molecule has 1 N–H and O–H groups in total. The third-order valence-corrected chi connectivity index (χ3v) is 3.07. The van der Waals surface area contributed by atoms with E-state index in [0.717, 1.165) is 6.42 Å². The van der Waals surface area contributed by atoms with Crippen molar-refractivity contribution in [2.75, 3.05) is 7.05 Å². The topological polar surface area (TPSA) is 92.4 Å². The lowest BCUT2D eigenvalue weighted by Gasteiger charge is -2.15.